The molecule has 0 amide bonds. The molecule has 0 spiro atoms. The van der Waals surface area contributed by atoms with Crippen molar-refractivity contribution in [1.29, 1.82) is 0 Å². The van der Waals surface area contributed by atoms with E-state index in [0.29, 0.717) is 10.5 Å². The van der Waals surface area contributed by atoms with Gasteiger partial charge in [-0.2, -0.15) is 0 Å². The highest BCUT2D eigenvalue weighted by Gasteiger charge is 2.39. The van der Waals surface area contributed by atoms with Gasteiger partial charge in [0.2, 0.25) is 0 Å². The Labute approximate surface area is 127 Å². The van der Waals surface area contributed by atoms with Gasteiger partial charge in [0.1, 0.15) is 5.82 Å². The predicted octanol–water partition coefficient (Wildman–Crippen LogP) is 3.12. The highest BCUT2D eigenvalue weighted by molar-refractivity contribution is 7.99. The Morgan fingerprint density at radius 2 is 1.81 bits per heavy atom. The predicted molar refractivity (Wildman–Crippen MR) is 81.9 cm³/mol. The second-order valence-corrected chi connectivity index (χ2v) is 5.56. The number of benzene rings is 2. The van der Waals surface area contributed by atoms with Crippen LogP contribution in [-0.4, -0.2) is 23.9 Å². The summed E-state index contributed by atoms with van der Waals surface area (Å²) in [6.07, 6.45) is 0. The van der Waals surface area contributed by atoms with Crippen molar-refractivity contribution in [2.24, 2.45) is 0 Å². The van der Waals surface area contributed by atoms with Crippen LogP contribution in [0.4, 0.5) is 4.39 Å². The van der Waals surface area contributed by atoms with Crippen LogP contribution in [0.25, 0.3) is 0 Å². The molecular weight excluding hydrogens is 289 g/mol. The van der Waals surface area contributed by atoms with Gasteiger partial charge in [-0.25, -0.2) is 9.18 Å². The highest BCUT2D eigenvalue weighted by Crippen LogP contribution is 2.31. The summed E-state index contributed by atoms with van der Waals surface area (Å²) in [6.45, 7) is 0. The van der Waals surface area contributed by atoms with Crippen LogP contribution >= 0.6 is 11.8 Å². The number of thioether (sulfide) groups is 1. The standard InChI is InChI=1S/C16H16FNO2S/c1-18-16(15(19)20,12-7-3-2-4-8-12)11-21-14-10-6-5-9-13(14)17/h2-10,18H,11H2,1H3,(H,19,20). The van der Waals surface area contributed by atoms with Gasteiger partial charge in [0, 0.05) is 10.6 Å². The van der Waals surface area contributed by atoms with Crippen LogP contribution in [0, 0.1) is 5.82 Å². The van der Waals surface area contributed by atoms with Crippen LogP contribution in [0.2, 0.25) is 0 Å². The van der Waals surface area contributed by atoms with Gasteiger partial charge in [-0.05, 0) is 24.7 Å². The molecule has 110 valence electrons. The highest BCUT2D eigenvalue weighted by atomic mass is 32.2. The quantitative estimate of drug-likeness (QED) is 0.805. The van der Waals surface area contributed by atoms with Crippen molar-refractivity contribution in [1.82, 2.24) is 5.32 Å². The van der Waals surface area contributed by atoms with E-state index in [1.165, 1.54) is 17.8 Å². The number of likely N-dealkylation sites (N-methyl/N-ethyl adjacent to an activating group) is 1. The van der Waals surface area contributed by atoms with E-state index < -0.39 is 11.5 Å². The number of rotatable bonds is 6. The number of carboxylic acid groups (broad SMARTS) is 1. The molecule has 1 atom stereocenters. The van der Waals surface area contributed by atoms with Crippen LogP contribution in [0.5, 0.6) is 0 Å². The van der Waals surface area contributed by atoms with E-state index in [-0.39, 0.29) is 11.6 Å². The van der Waals surface area contributed by atoms with E-state index in [2.05, 4.69) is 5.32 Å². The lowest BCUT2D eigenvalue weighted by molar-refractivity contribution is -0.144. The maximum absolute atomic E-state index is 13.7. The lowest BCUT2D eigenvalue weighted by Gasteiger charge is -2.29. The number of nitrogens with one attached hydrogen (secondary N) is 1. The van der Waals surface area contributed by atoms with Crippen molar-refractivity contribution in [3.8, 4) is 0 Å². The summed E-state index contributed by atoms with van der Waals surface area (Å²) in [5.74, 6) is -1.14. The molecule has 0 aromatic heterocycles. The van der Waals surface area contributed by atoms with Gasteiger partial charge in [0.05, 0.1) is 0 Å². The Kier molecular flexibility index (Phi) is 4.98. The number of carboxylic acids is 1. The first-order valence-corrected chi connectivity index (χ1v) is 7.44. The maximum Gasteiger partial charge on any atom is 0.329 e. The van der Waals surface area contributed by atoms with Crippen LogP contribution in [0.1, 0.15) is 5.56 Å². The van der Waals surface area contributed by atoms with Gasteiger partial charge < -0.3 is 10.4 Å². The van der Waals surface area contributed by atoms with Gasteiger partial charge in [-0.1, -0.05) is 42.5 Å². The Morgan fingerprint density at radius 1 is 1.19 bits per heavy atom. The maximum atomic E-state index is 13.7. The number of hydrogen-bond acceptors (Lipinski definition) is 3. The van der Waals surface area contributed by atoms with Crippen molar-refractivity contribution in [3.63, 3.8) is 0 Å². The molecular formula is C16H16FNO2S. The SMILES string of the molecule is CNC(CSc1ccccc1F)(C(=O)O)c1ccccc1. The second-order valence-electron chi connectivity index (χ2n) is 4.55. The fourth-order valence-corrected chi connectivity index (χ4v) is 3.25. The normalized spacial score (nSPS) is 13.6. The van der Waals surface area contributed by atoms with E-state index in [9.17, 15) is 14.3 Å². The third kappa shape index (κ3) is 3.25. The molecule has 2 rings (SSSR count). The molecule has 2 aromatic carbocycles. The molecule has 21 heavy (non-hydrogen) atoms. The van der Waals surface area contributed by atoms with Gasteiger partial charge >= 0.3 is 5.97 Å². The minimum Gasteiger partial charge on any atom is -0.480 e. The fourth-order valence-electron chi connectivity index (χ4n) is 2.06. The Bertz CT molecular complexity index is 621. The number of hydrogen-bond donors (Lipinski definition) is 2. The molecule has 5 heteroatoms. The van der Waals surface area contributed by atoms with Crippen LogP contribution in [-0.2, 0) is 10.3 Å². The van der Waals surface area contributed by atoms with Gasteiger partial charge in [-0.3, -0.25) is 0 Å². The Balaban J connectivity index is 2.30. The molecule has 0 saturated carbocycles. The van der Waals surface area contributed by atoms with Gasteiger partial charge in [0.15, 0.2) is 5.54 Å². The second kappa shape index (κ2) is 6.74. The van der Waals surface area contributed by atoms with Gasteiger partial charge in [-0.15, -0.1) is 11.8 Å². The summed E-state index contributed by atoms with van der Waals surface area (Å²) in [6, 6.07) is 15.3. The summed E-state index contributed by atoms with van der Waals surface area (Å²) in [5, 5.41) is 12.5. The number of aliphatic carboxylic acids is 1. The average molecular weight is 305 g/mol. The molecule has 0 radical (unpaired) electrons. The minimum atomic E-state index is -1.26. The molecule has 0 heterocycles. The van der Waals surface area contributed by atoms with Crippen LogP contribution in [0.3, 0.4) is 0 Å². The summed E-state index contributed by atoms with van der Waals surface area (Å²) < 4.78 is 13.7. The lowest BCUT2D eigenvalue weighted by Crippen LogP contribution is -2.49. The molecule has 2 N–H and O–H groups in total. The van der Waals surface area contributed by atoms with E-state index in [0.717, 1.165) is 0 Å². The Morgan fingerprint density at radius 3 is 2.38 bits per heavy atom. The summed E-state index contributed by atoms with van der Waals surface area (Å²) in [4.78, 5) is 12.2. The largest absolute Gasteiger partial charge is 0.480 e. The first-order valence-electron chi connectivity index (χ1n) is 6.45. The molecule has 0 bridgehead atoms. The molecule has 0 aliphatic carbocycles. The topological polar surface area (TPSA) is 49.3 Å². The molecule has 0 saturated heterocycles. The van der Waals surface area contributed by atoms with Crippen LogP contribution < -0.4 is 5.32 Å². The smallest absolute Gasteiger partial charge is 0.329 e. The summed E-state index contributed by atoms with van der Waals surface area (Å²) >= 11 is 1.18. The minimum absolute atomic E-state index is 0.184. The zero-order valence-electron chi connectivity index (χ0n) is 11.5. The van der Waals surface area contributed by atoms with Crippen LogP contribution in [0.15, 0.2) is 59.5 Å². The molecule has 0 aliphatic heterocycles. The summed E-state index contributed by atoms with van der Waals surface area (Å²) in [5.41, 5.74) is -0.613. The average Bonchev–Trinajstić information content (AvgIpc) is 2.51. The zero-order valence-corrected chi connectivity index (χ0v) is 12.4. The lowest BCUT2D eigenvalue weighted by atomic mass is 9.92. The van der Waals surface area contributed by atoms with Crippen molar-refractivity contribution in [3.05, 3.63) is 66.0 Å². The van der Waals surface area contributed by atoms with Gasteiger partial charge in [0.25, 0.3) is 0 Å². The number of carbonyl (C=O) groups is 1. The zero-order chi connectivity index (χ0) is 15.3. The van der Waals surface area contributed by atoms with E-state index in [1.807, 2.05) is 6.07 Å². The number of halogens is 1. The first kappa shape index (κ1) is 15.5. The van der Waals surface area contributed by atoms with E-state index >= 15 is 0 Å². The van der Waals surface area contributed by atoms with Crippen molar-refractivity contribution in [2.45, 2.75) is 10.4 Å². The molecule has 0 fully saturated rings. The summed E-state index contributed by atoms with van der Waals surface area (Å²) in [7, 11) is 1.60. The Hall–Kier alpha value is -1.85. The van der Waals surface area contributed by atoms with Crippen molar-refractivity contribution in [2.75, 3.05) is 12.8 Å². The van der Waals surface area contributed by atoms with Crippen molar-refractivity contribution < 1.29 is 14.3 Å². The van der Waals surface area contributed by atoms with E-state index in [1.54, 1.807) is 49.5 Å². The monoisotopic (exact) mass is 305 g/mol. The molecule has 0 aliphatic rings. The molecule has 3 nitrogen and oxygen atoms in total. The third-order valence-corrected chi connectivity index (χ3v) is 4.56. The first-order chi connectivity index (χ1) is 10.1. The molecule has 2 aromatic rings. The third-order valence-electron chi connectivity index (χ3n) is 3.34. The fraction of sp³-hybridized carbons (Fsp3) is 0.188. The van der Waals surface area contributed by atoms with Crippen molar-refractivity contribution >= 4 is 17.7 Å². The van der Waals surface area contributed by atoms with E-state index in [4.69, 9.17) is 0 Å². The molecule has 1 unspecified atom stereocenters.